The van der Waals surface area contributed by atoms with Gasteiger partial charge in [0.1, 0.15) is 6.54 Å². The summed E-state index contributed by atoms with van der Waals surface area (Å²) in [5.74, 6) is -1.12. The summed E-state index contributed by atoms with van der Waals surface area (Å²) in [7, 11) is 0. The van der Waals surface area contributed by atoms with Crippen LogP contribution >= 0.6 is 0 Å². The average molecular weight is 372 g/mol. The molecule has 2 aromatic rings. The molecule has 2 heterocycles. The van der Waals surface area contributed by atoms with Crippen LogP contribution < -0.4 is 4.65 Å². The lowest BCUT2D eigenvalue weighted by Crippen LogP contribution is -2.56. The third-order valence-corrected chi connectivity index (χ3v) is 4.80. The van der Waals surface area contributed by atoms with Crippen molar-refractivity contribution < 1.29 is 14.3 Å². The summed E-state index contributed by atoms with van der Waals surface area (Å²) >= 11 is 0. The number of rotatable bonds is 10. The molecular formula is C21H30N3O3+. The highest BCUT2D eigenvalue weighted by atomic mass is 16.9. The monoisotopic (exact) mass is 372 g/mol. The summed E-state index contributed by atoms with van der Waals surface area (Å²) in [4.78, 5) is 15.9. The number of aliphatic imine (C=N–C) groups is 1. The number of fused-ring (bicyclic) bond motifs is 3. The zero-order valence-electron chi connectivity index (χ0n) is 16.8. The molecule has 0 fully saturated rings. The van der Waals surface area contributed by atoms with Crippen molar-refractivity contribution in [1.82, 2.24) is 9.63 Å². The zero-order valence-corrected chi connectivity index (χ0v) is 16.8. The quantitative estimate of drug-likeness (QED) is 0.431. The summed E-state index contributed by atoms with van der Waals surface area (Å²) in [6.07, 6.45) is 6.29. The average Bonchev–Trinajstić information content (AvgIpc) is 3.05. The van der Waals surface area contributed by atoms with Crippen LogP contribution in [0.2, 0.25) is 0 Å². The van der Waals surface area contributed by atoms with Crippen molar-refractivity contribution >= 4 is 28.6 Å². The van der Waals surface area contributed by atoms with Crippen molar-refractivity contribution in [1.29, 1.82) is 0 Å². The molecule has 146 valence electrons. The second kappa shape index (κ2) is 8.44. The van der Waals surface area contributed by atoms with Crippen molar-refractivity contribution in [3.05, 3.63) is 30.5 Å². The lowest BCUT2D eigenvalue weighted by atomic mass is 10.1. The van der Waals surface area contributed by atoms with Gasteiger partial charge in [-0.15, -0.1) is 4.84 Å². The molecule has 6 nitrogen and oxygen atoms in total. The van der Waals surface area contributed by atoms with Crippen molar-refractivity contribution in [2.75, 3.05) is 19.8 Å². The van der Waals surface area contributed by atoms with E-state index in [1.807, 2.05) is 51.5 Å². The molecule has 0 saturated heterocycles. The summed E-state index contributed by atoms with van der Waals surface area (Å²) in [5.41, 5.74) is 2.77. The molecule has 1 aliphatic heterocycles. The van der Waals surface area contributed by atoms with Crippen LogP contribution in [0.4, 0.5) is 11.4 Å². The van der Waals surface area contributed by atoms with E-state index in [2.05, 4.69) is 23.0 Å². The Kier molecular flexibility index (Phi) is 6.22. The Morgan fingerprint density at radius 2 is 1.78 bits per heavy atom. The normalized spacial score (nSPS) is 19.0. The van der Waals surface area contributed by atoms with Crippen LogP contribution in [0.3, 0.4) is 0 Å². The lowest BCUT2D eigenvalue weighted by molar-refractivity contribution is -0.427. The minimum atomic E-state index is -1.12. The molecular weight excluding hydrogens is 342 g/mol. The molecule has 0 N–H and O–H groups in total. The van der Waals surface area contributed by atoms with Gasteiger partial charge in [0.25, 0.3) is 0 Å². The van der Waals surface area contributed by atoms with Gasteiger partial charge in [-0.1, -0.05) is 37.0 Å². The van der Waals surface area contributed by atoms with Crippen LogP contribution in [0, 0.1) is 0 Å². The molecule has 0 amide bonds. The largest absolute Gasteiger partial charge is 0.335 e. The Hall–Kier alpha value is -1.86. The Morgan fingerprint density at radius 3 is 2.44 bits per heavy atom. The summed E-state index contributed by atoms with van der Waals surface area (Å²) < 4.78 is 12.1. The molecule has 1 unspecified atom stereocenters. The highest BCUT2D eigenvalue weighted by Crippen LogP contribution is 2.45. The number of hydrogen-bond acceptors (Lipinski definition) is 5. The van der Waals surface area contributed by atoms with E-state index in [1.54, 1.807) is 0 Å². The third-order valence-electron chi connectivity index (χ3n) is 4.80. The minimum absolute atomic E-state index is 0.153. The van der Waals surface area contributed by atoms with E-state index < -0.39 is 5.97 Å². The Morgan fingerprint density at radius 1 is 1.04 bits per heavy atom. The Labute approximate surface area is 161 Å². The van der Waals surface area contributed by atoms with Gasteiger partial charge in [0.05, 0.1) is 17.1 Å². The number of aromatic nitrogens is 1. The highest BCUT2D eigenvalue weighted by Gasteiger charge is 2.49. The van der Waals surface area contributed by atoms with E-state index in [0.29, 0.717) is 19.6 Å². The zero-order chi connectivity index (χ0) is 19.3. The molecule has 0 bridgehead atoms. The van der Waals surface area contributed by atoms with Crippen LogP contribution in [0.1, 0.15) is 47.0 Å². The molecule has 1 aromatic heterocycles. The van der Waals surface area contributed by atoms with Crippen LogP contribution in [-0.4, -0.2) is 37.1 Å². The highest BCUT2D eigenvalue weighted by molar-refractivity contribution is 6.03. The van der Waals surface area contributed by atoms with E-state index in [-0.39, 0.29) is 4.65 Å². The second-order valence-electron chi connectivity index (χ2n) is 6.62. The minimum Gasteiger partial charge on any atom is -0.324 e. The van der Waals surface area contributed by atoms with E-state index in [9.17, 15) is 0 Å². The van der Waals surface area contributed by atoms with E-state index in [4.69, 9.17) is 14.3 Å². The fourth-order valence-corrected chi connectivity index (χ4v) is 3.55. The maximum Gasteiger partial charge on any atom is 0.335 e. The van der Waals surface area contributed by atoms with Crippen molar-refractivity contribution in [2.45, 2.75) is 52.9 Å². The molecule has 0 saturated carbocycles. The van der Waals surface area contributed by atoms with E-state index >= 15 is 0 Å². The summed E-state index contributed by atoms with van der Waals surface area (Å²) in [6.45, 7) is 9.85. The molecule has 1 aliphatic rings. The maximum atomic E-state index is 6.67. The van der Waals surface area contributed by atoms with Crippen LogP contribution in [0.25, 0.3) is 10.9 Å². The van der Waals surface area contributed by atoms with Gasteiger partial charge >= 0.3 is 5.97 Å². The van der Waals surface area contributed by atoms with Crippen molar-refractivity contribution in [3.63, 3.8) is 0 Å². The lowest BCUT2D eigenvalue weighted by Gasteiger charge is -2.38. The number of benzene rings is 1. The number of ether oxygens (including phenoxy) is 2. The van der Waals surface area contributed by atoms with Gasteiger partial charge in [-0.05, 0) is 26.0 Å². The molecule has 27 heavy (non-hydrogen) atoms. The topological polar surface area (TPSA) is 52.9 Å². The van der Waals surface area contributed by atoms with Gasteiger partial charge in [0.15, 0.2) is 5.69 Å². The molecule has 3 rings (SSSR count). The number of unbranched alkanes of at least 4 members (excludes halogenated alkanes) is 1. The third kappa shape index (κ3) is 3.75. The molecule has 0 radical (unpaired) electrons. The number of quaternary nitrogens is 1. The molecule has 0 aliphatic carbocycles. The maximum absolute atomic E-state index is 6.67. The van der Waals surface area contributed by atoms with E-state index in [1.165, 1.54) is 0 Å². The van der Waals surface area contributed by atoms with Crippen molar-refractivity contribution in [2.24, 2.45) is 4.99 Å². The first-order chi connectivity index (χ1) is 13.1. The first kappa shape index (κ1) is 19.9. The molecule has 0 spiro atoms. The van der Waals surface area contributed by atoms with Gasteiger partial charge in [0, 0.05) is 26.1 Å². The Balaban J connectivity index is 2.13. The fourth-order valence-electron chi connectivity index (χ4n) is 3.55. The predicted molar refractivity (Wildman–Crippen MR) is 109 cm³/mol. The first-order valence-corrected chi connectivity index (χ1v) is 9.93. The number of nitrogens with zero attached hydrogens (tertiary/aromatic N) is 3. The molecule has 6 heteroatoms. The van der Waals surface area contributed by atoms with Crippen LogP contribution in [-0.2, 0) is 14.3 Å². The second-order valence-corrected chi connectivity index (χ2v) is 6.62. The van der Waals surface area contributed by atoms with Gasteiger partial charge in [-0.2, -0.15) is 4.99 Å². The van der Waals surface area contributed by atoms with Crippen molar-refractivity contribution in [3.8, 4) is 0 Å². The molecule has 1 atom stereocenters. The summed E-state index contributed by atoms with van der Waals surface area (Å²) in [6, 6.07) is 8.11. The van der Waals surface area contributed by atoms with Gasteiger partial charge in [-0.25, -0.2) is 0 Å². The number of hydrogen-bond donors (Lipinski definition) is 0. The number of hydroxylamine groups is 2. The number of para-hydroxylation sites is 1. The van der Waals surface area contributed by atoms with Gasteiger partial charge in [0.2, 0.25) is 12.0 Å². The number of pyridine rings is 1. The van der Waals surface area contributed by atoms with E-state index in [0.717, 1.165) is 41.7 Å². The smallest absolute Gasteiger partial charge is 0.324 e. The predicted octanol–water partition coefficient (Wildman–Crippen LogP) is 5.08. The standard InChI is InChI=1S/C21H30N3O3/c1-5-9-14-24(27-21(6-2,25-7-3)26-8-4)16-23-19-15-22-18-13-11-10-12-17(18)20(19)24/h10-13,15-16H,5-9,14H2,1-4H3/q+1. The van der Waals surface area contributed by atoms with Gasteiger partial charge < -0.3 is 9.47 Å². The molecule has 1 aromatic carbocycles. The first-order valence-electron chi connectivity index (χ1n) is 9.93. The SMILES string of the molecule is CCCC[N+]1(OC(CC)(OCC)OCC)C=Nc2cnc3ccccc3c21. The van der Waals surface area contributed by atoms with Crippen LogP contribution in [0.5, 0.6) is 0 Å². The van der Waals surface area contributed by atoms with Gasteiger partial charge in [-0.3, -0.25) is 4.98 Å². The Bertz CT molecular complexity index is 802. The summed E-state index contributed by atoms with van der Waals surface area (Å²) in [5, 5.41) is 1.04. The fraction of sp³-hybridized carbons (Fsp3) is 0.524. The van der Waals surface area contributed by atoms with Crippen LogP contribution in [0.15, 0.2) is 35.5 Å².